The lowest BCUT2D eigenvalue weighted by Gasteiger charge is -2.22. The average molecular weight is 398 g/mol. The number of hydrogen-bond donors (Lipinski definition) is 1. The van der Waals surface area contributed by atoms with Gasteiger partial charge >= 0.3 is 12.1 Å². The van der Waals surface area contributed by atoms with Crippen LogP contribution in [-0.4, -0.2) is 63.5 Å². The van der Waals surface area contributed by atoms with E-state index in [1.807, 2.05) is 24.3 Å². The highest BCUT2D eigenvalue weighted by atomic mass is 16.6. The first-order valence-corrected chi connectivity index (χ1v) is 9.60. The van der Waals surface area contributed by atoms with Crippen molar-refractivity contribution in [2.24, 2.45) is 5.73 Å². The molecule has 0 aliphatic heterocycles. The van der Waals surface area contributed by atoms with Crippen LogP contribution >= 0.6 is 0 Å². The largest absolute Gasteiger partial charge is 0.468 e. The second-order valence-electron chi connectivity index (χ2n) is 6.70. The summed E-state index contributed by atoms with van der Waals surface area (Å²) in [6.45, 7) is 1.25. The van der Waals surface area contributed by atoms with E-state index in [-0.39, 0.29) is 32.2 Å². The molecule has 154 valence electrons. The summed E-state index contributed by atoms with van der Waals surface area (Å²) in [5.41, 5.74) is 9.98. The fraction of sp³-hybridized carbons (Fsp3) is 0.364. The second-order valence-corrected chi connectivity index (χ2v) is 6.70. The van der Waals surface area contributed by atoms with Gasteiger partial charge in [-0.05, 0) is 22.3 Å². The van der Waals surface area contributed by atoms with Crippen LogP contribution < -0.4 is 5.73 Å². The van der Waals surface area contributed by atoms with Crippen molar-refractivity contribution in [2.45, 2.75) is 5.92 Å². The van der Waals surface area contributed by atoms with E-state index in [0.29, 0.717) is 13.2 Å². The molecule has 2 N–H and O–H groups in total. The minimum absolute atomic E-state index is 0.0418. The molecule has 0 saturated carbocycles. The molecule has 0 aromatic heterocycles. The molecule has 0 atom stereocenters. The quantitative estimate of drug-likeness (QED) is 0.515. The van der Waals surface area contributed by atoms with Crippen molar-refractivity contribution >= 4 is 12.1 Å². The number of nitrogens with zero attached hydrogens (tertiary/aromatic N) is 1. The molecule has 1 aliphatic rings. The monoisotopic (exact) mass is 398 g/mol. The van der Waals surface area contributed by atoms with Gasteiger partial charge in [0, 0.05) is 19.0 Å². The number of amides is 1. The summed E-state index contributed by atoms with van der Waals surface area (Å²) in [5.74, 6) is -0.558. The summed E-state index contributed by atoms with van der Waals surface area (Å²) in [7, 11) is 1.28. The Bertz CT molecular complexity index is 809. The van der Waals surface area contributed by atoms with Crippen LogP contribution in [0, 0.1) is 0 Å². The van der Waals surface area contributed by atoms with Crippen LogP contribution in [0.25, 0.3) is 11.1 Å². The highest BCUT2D eigenvalue weighted by Gasteiger charge is 2.30. The summed E-state index contributed by atoms with van der Waals surface area (Å²) in [5, 5.41) is 0. The number of nitrogens with two attached hydrogens (primary N) is 1. The van der Waals surface area contributed by atoms with Gasteiger partial charge < -0.3 is 19.9 Å². The number of ether oxygens (including phenoxy) is 3. The Morgan fingerprint density at radius 2 is 1.62 bits per heavy atom. The second kappa shape index (κ2) is 10.0. The van der Waals surface area contributed by atoms with E-state index in [1.165, 1.54) is 12.0 Å². The molecule has 0 saturated heterocycles. The van der Waals surface area contributed by atoms with Gasteiger partial charge in [-0.2, -0.15) is 0 Å². The highest BCUT2D eigenvalue weighted by molar-refractivity contribution is 5.80. The fourth-order valence-corrected chi connectivity index (χ4v) is 3.50. The Hall–Kier alpha value is -2.90. The van der Waals surface area contributed by atoms with Crippen molar-refractivity contribution in [3.8, 4) is 11.1 Å². The van der Waals surface area contributed by atoms with E-state index in [2.05, 4.69) is 29.0 Å². The molecule has 2 aromatic rings. The summed E-state index contributed by atoms with van der Waals surface area (Å²) in [4.78, 5) is 25.6. The lowest BCUT2D eigenvalue weighted by molar-refractivity contribution is -0.141. The zero-order valence-corrected chi connectivity index (χ0v) is 16.5. The van der Waals surface area contributed by atoms with Gasteiger partial charge in [0.2, 0.25) is 0 Å². The van der Waals surface area contributed by atoms with Crippen molar-refractivity contribution in [1.82, 2.24) is 4.90 Å². The topological polar surface area (TPSA) is 91.1 Å². The Morgan fingerprint density at radius 3 is 2.21 bits per heavy atom. The van der Waals surface area contributed by atoms with Crippen molar-refractivity contribution in [3.63, 3.8) is 0 Å². The van der Waals surface area contributed by atoms with Gasteiger partial charge in [-0.3, -0.25) is 9.69 Å². The van der Waals surface area contributed by atoms with E-state index < -0.39 is 12.1 Å². The summed E-state index contributed by atoms with van der Waals surface area (Å²) in [6.07, 6.45) is -0.575. The van der Waals surface area contributed by atoms with Gasteiger partial charge in [0.15, 0.2) is 0 Å². The molecule has 7 heteroatoms. The van der Waals surface area contributed by atoms with Crippen LogP contribution in [0.1, 0.15) is 17.0 Å². The molecule has 0 heterocycles. The molecular formula is C22H26N2O5. The van der Waals surface area contributed by atoms with Gasteiger partial charge in [0.25, 0.3) is 0 Å². The maximum Gasteiger partial charge on any atom is 0.410 e. The van der Waals surface area contributed by atoms with Crippen molar-refractivity contribution < 1.29 is 23.8 Å². The van der Waals surface area contributed by atoms with E-state index >= 15 is 0 Å². The lowest BCUT2D eigenvalue weighted by Crippen LogP contribution is -2.39. The molecule has 29 heavy (non-hydrogen) atoms. The van der Waals surface area contributed by atoms with Crippen molar-refractivity contribution in [1.29, 1.82) is 0 Å². The van der Waals surface area contributed by atoms with Crippen LogP contribution in [0.3, 0.4) is 0 Å². The molecule has 1 amide bonds. The number of fused-ring (bicyclic) bond motifs is 3. The van der Waals surface area contributed by atoms with Crippen LogP contribution in [0.2, 0.25) is 0 Å². The molecule has 0 radical (unpaired) electrons. The third-order valence-electron chi connectivity index (χ3n) is 4.91. The van der Waals surface area contributed by atoms with Crippen LogP contribution in [0.15, 0.2) is 48.5 Å². The predicted octanol–water partition coefficient (Wildman–Crippen LogP) is 2.39. The molecule has 3 rings (SSSR count). The molecule has 7 nitrogen and oxygen atoms in total. The Morgan fingerprint density at radius 1 is 1.00 bits per heavy atom. The third-order valence-corrected chi connectivity index (χ3v) is 4.91. The Balaban J connectivity index is 1.68. The van der Waals surface area contributed by atoms with E-state index in [4.69, 9.17) is 15.2 Å². The van der Waals surface area contributed by atoms with Crippen LogP contribution in [-0.2, 0) is 19.0 Å². The molecule has 0 fully saturated rings. The zero-order chi connectivity index (χ0) is 20.6. The lowest BCUT2D eigenvalue weighted by atomic mass is 9.98. The first-order valence-electron chi connectivity index (χ1n) is 9.60. The third kappa shape index (κ3) is 4.93. The zero-order valence-electron chi connectivity index (χ0n) is 16.5. The first kappa shape index (κ1) is 20.8. The number of carbonyl (C=O) groups excluding carboxylic acids is 2. The molecule has 0 bridgehead atoms. The maximum atomic E-state index is 12.7. The molecule has 1 aliphatic carbocycles. The van der Waals surface area contributed by atoms with Gasteiger partial charge in [0.1, 0.15) is 13.2 Å². The molecule has 0 spiro atoms. The minimum atomic E-state index is -0.575. The van der Waals surface area contributed by atoms with Crippen LogP contribution in [0.5, 0.6) is 0 Å². The maximum absolute atomic E-state index is 12.7. The van der Waals surface area contributed by atoms with E-state index in [0.717, 1.165) is 22.3 Å². The number of esters is 1. The number of rotatable bonds is 9. The standard InChI is InChI=1S/C22H26N2O5/c1-27-21(25)14-24(11-13-28-12-10-23)22(26)29-15-20-18-8-4-2-6-16(18)17-7-3-5-9-19(17)20/h2-9,20H,10-15,23H2,1H3. The van der Waals surface area contributed by atoms with Crippen molar-refractivity contribution in [2.75, 3.05) is 46.6 Å². The molecule has 2 aromatic carbocycles. The van der Waals surface area contributed by atoms with E-state index in [9.17, 15) is 9.59 Å². The number of benzene rings is 2. The number of carbonyl (C=O) groups is 2. The summed E-state index contributed by atoms with van der Waals surface area (Å²) in [6, 6.07) is 16.2. The van der Waals surface area contributed by atoms with Crippen LogP contribution in [0.4, 0.5) is 4.79 Å². The normalized spacial score (nSPS) is 12.2. The van der Waals surface area contributed by atoms with E-state index in [1.54, 1.807) is 0 Å². The Labute approximate surface area is 170 Å². The van der Waals surface area contributed by atoms with Gasteiger partial charge in [-0.1, -0.05) is 48.5 Å². The van der Waals surface area contributed by atoms with Gasteiger partial charge in [-0.15, -0.1) is 0 Å². The van der Waals surface area contributed by atoms with Gasteiger partial charge in [-0.25, -0.2) is 4.79 Å². The number of methoxy groups -OCH3 is 1. The molecular weight excluding hydrogens is 372 g/mol. The highest BCUT2D eigenvalue weighted by Crippen LogP contribution is 2.44. The Kier molecular flexibility index (Phi) is 7.21. The predicted molar refractivity (Wildman–Crippen MR) is 109 cm³/mol. The summed E-state index contributed by atoms with van der Waals surface area (Å²) < 4.78 is 15.6. The van der Waals surface area contributed by atoms with Crippen molar-refractivity contribution in [3.05, 3.63) is 59.7 Å². The van der Waals surface area contributed by atoms with Gasteiger partial charge in [0.05, 0.1) is 20.3 Å². The molecule has 0 unspecified atom stereocenters. The summed E-state index contributed by atoms with van der Waals surface area (Å²) >= 11 is 0. The SMILES string of the molecule is COC(=O)CN(CCOCCN)C(=O)OCC1c2ccccc2-c2ccccc21. The minimum Gasteiger partial charge on any atom is -0.468 e. The average Bonchev–Trinajstić information content (AvgIpc) is 3.08. The number of hydrogen-bond acceptors (Lipinski definition) is 6. The smallest absolute Gasteiger partial charge is 0.410 e. The first-order chi connectivity index (χ1) is 14.2. The fourth-order valence-electron chi connectivity index (χ4n) is 3.50.